The predicted octanol–water partition coefficient (Wildman–Crippen LogP) is 7.79. The van der Waals surface area contributed by atoms with Crippen LogP contribution in [0, 0.1) is 11.3 Å². The molecule has 0 saturated heterocycles. The van der Waals surface area contributed by atoms with Crippen LogP contribution in [0.2, 0.25) is 10.0 Å². The standard InChI is InChI=1S/C26H17Cl2NO/c27-25-13-10-20(15-26(25)28)22(16-29)14-18-8-11-23(12-9-18)30-17-21-6-3-5-19-4-1-2-7-24(19)21/h1-15H,17H2/b22-14-. The average Bonchev–Trinajstić information content (AvgIpc) is 2.78. The van der Waals surface area contributed by atoms with Crippen LogP contribution in [0.4, 0.5) is 0 Å². The zero-order chi connectivity index (χ0) is 20.9. The second kappa shape index (κ2) is 9.05. The molecule has 4 aromatic carbocycles. The Kier molecular flexibility index (Phi) is 6.05. The third kappa shape index (κ3) is 4.49. The summed E-state index contributed by atoms with van der Waals surface area (Å²) in [5.41, 5.74) is 3.28. The monoisotopic (exact) mass is 429 g/mol. The summed E-state index contributed by atoms with van der Waals surface area (Å²) in [6.07, 6.45) is 1.81. The Morgan fingerprint density at radius 2 is 1.63 bits per heavy atom. The van der Waals surface area contributed by atoms with Crippen LogP contribution in [0.5, 0.6) is 5.75 Å². The van der Waals surface area contributed by atoms with Crippen molar-refractivity contribution < 1.29 is 4.74 Å². The Hall–Kier alpha value is -3.25. The van der Waals surface area contributed by atoms with Crippen LogP contribution in [0.25, 0.3) is 22.4 Å². The summed E-state index contributed by atoms with van der Waals surface area (Å²) >= 11 is 12.0. The Morgan fingerprint density at radius 1 is 0.867 bits per heavy atom. The van der Waals surface area contributed by atoms with Crippen molar-refractivity contribution in [1.82, 2.24) is 0 Å². The summed E-state index contributed by atoms with van der Waals surface area (Å²) < 4.78 is 5.98. The molecule has 0 aliphatic rings. The second-order valence-electron chi connectivity index (χ2n) is 6.79. The number of allylic oxidation sites excluding steroid dienone is 1. The summed E-state index contributed by atoms with van der Waals surface area (Å²) in [4.78, 5) is 0. The molecule has 0 unspecified atom stereocenters. The molecule has 0 bridgehead atoms. The fourth-order valence-corrected chi connectivity index (χ4v) is 3.55. The van der Waals surface area contributed by atoms with Crippen molar-refractivity contribution in [2.45, 2.75) is 6.61 Å². The highest BCUT2D eigenvalue weighted by molar-refractivity contribution is 6.42. The summed E-state index contributed by atoms with van der Waals surface area (Å²) in [5.74, 6) is 0.771. The molecule has 0 aliphatic carbocycles. The van der Waals surface area contributed by atoms with Crippen LogP contribution in [0.3, 0.4) is 0 Å². The zero-order valence-electron chi connectivity index (χ0n) is 16.0. The number of halogens is 2. The van der Waals surface area contributed by atoms with E-state index in [0.29, 0.717) is 22.2 Å². The van der Waals surface area contributed by atoms with Gasteiger partial charge in [-0.05, 0) is 57.8 Å². The predicted molar refractivity (Wildman–Crippen MR) is 125 cm³/mol. The average molecular weight is 430 g/mol. The maximum atomic E-state index is 9.53. The van der Waals surface area contributed by atoms with Gasteiger partial charge in [-0.25, -0.2) is 0 Å². The lowest BCUT2D eigenvalue weighted by Gasteiger charge is -2.09. The summed E-state index contributed by atoms with van der Waals surface area (Å²) in [6, 6.07) is 29.5. The molecular weight excluding hydrogens is 413 g/mol. The van der Waals surface area contributed by atoms with Gasteiger partial charge in [-0.1, -0.05) is 83.9 Å². The van der Waals surface area contributed by atoms with Crippen LogP contribution in [-0.2, 0) is 6.61 Å². The minimum Gasteiger partial charge on any atom is -0.489 e. The molecule has 0 spiro atoms. The van der Waals surface area contributed by atoms with Crippen molar-refractivity contribution in [2.75, 3.05) is 0 Å². The first-order chi connectivity index (χ1) is 14.6. The molecule has 0 amide bonds. The highest BCUT2D eigenvalue weighted by Gasteiger charge is 2.06. The summed E-state index contributed by atoms with van der Waals surface area (Å²) in [5, 5.41) is 12.8. The molecule has 0 saturated carbocycles. The molecule has 0 heterocycles. The first kappa shape index (κ1) is 20.0. The number of rotatable bonds is 5. The van der Waals surface area contributed by atoms with E-state index in [1.165, 1.54) is 10.8 Å². The molecule has 4 aromatic rings. The van der Waals surface area contributed by atoms with Crippen LogP contribution in [0.1, 0.15) is 16.7 Å². The number of ether oxygens (including phenoxy) is 1. The molecule has 4 heteroatoms. The lowest BCUT2D eigenvalue weighted by Crippen LogP contribution is -1.96. The van der Waals surface area contributed by atoms with Gasteiger partial charge in [0.25, 0.3) is 0 Å². The fourth-order valence-electron chi connectivity index (χ4n) is 3.25. The lowest BCUT2D eigenvalue weighted by molar-refractivity contribution is 0.307. The Balaban J connectivity index is 1.50. The molecule has 0 radical (unpaired) electrons. The first-order valence-corrected chi connectivity index (χ1v) is 10.2. The highest BCUT2D eigenvalue weighted by Crippen LogP contribution is 2.27. The van der Waals surface area contributed by atoms with Gasteiger partial charge in [0.05, 0.1) is 21.7 Å². The molecule has 0 N–H and O–H groups in total. The van der Waals surface area contributed by atoms with Crippen molar-refractivity contribution in [3.63, 3.8) is 0 Å². The minimum atomic E-state index is 0.424. The Bertz CT molecular complexity index is 1270. The normalized spacial score (nSPS) is 11.3. The number of hydrogen-bond acceptors (Lipinski definition) is 2. The van der Waals surface area contributed by atoms with Crippen molar-refractivity contribution >= 4 is 45.6 Å². The van der Waals surface area contributed by atoms with Gasteiger partial charge < -0.3 is 4.74 Å². The highest BCUT2D eigenvalue weighted by atomic mass is 35.5. The number of benzene rings is 4. The third-order valence-corrected chi connectivity index (χ3v) is 5.56. The minimum absolute atomic E-state index is 0.424. The van der Waals surface area contributed by atoms with E-state index in [9.17, 15) is 5.26 Å². The Morgan fingerprint density at radius 3 is 2.40 bits per heavy atom. The number of nitriles is 1. The summed E-state index contributed by atoms with van der Waals surface area (Å²) in [6.45, 7) is 0.489. The molecule has 0 atom stereocenters. The van der Waals surface area contributed by atoms with E-state index < -0.39 is 0 Å². The van der Waals surface area contributed by atoms with Crippen molar-refractivity contribution in [2.24, 2.45) is 0 Å². The second-order valence-corrected chi connectivity index (χ2v) is 7.61. The number of fused-ring (bicyclic) bond motifs is 1. The molecule has 4 rings (SSSR count). The summed E-state index contributed by atoms with van der Waals surface area (Å²) in [7, 11) is 0. The molecule has 146 valence electrons. The van der Waals surface area contributed by atoms with E-state index in [0.717, 1.165) is 22.4 Å². The van der Waals surface area contributed by atoms with Gasteiger partial charge in [0.1, 0.15) is 12.4 Å². The molecule has 2 nitrogen and oxygen atoms in total. The molecule has 0 aliphatic heterocycles. The van der Waals surface area contributed by atoms with E-state index in [-0.39, 0.29) is 0 Å². The topological polar surface area (TPSA) is 33.0 Å². The zero-order valence-corrected chi connectivity index (χ0v) is 17.5. The third-order valence-electron chi connectivity index (χ3n) is 4.82. The van der Waals surface area contributed by atoms with E-state index in [2.05, 4.69) is 30.3 Å². The molecule has 0 aromatic heterocycles. The fraction of sp³-hybridized carbons (Fsp3) is 0.0385. The van der Waals surface area contributed by atoms with Gasteiger partial charge in [-0.2, -0.15) is 5.26 Å². The maximum absolute atomic E-state index is 9.53. The van der Waals surface area contributed by atoms with Crippen molar-refractivity contribution in [1.29, 1.82) is 5.26 Å². The van der Waals surface area contributed by atoms with Crippen LogP contribution >= 0.6 is 23.2 Å². The SMILES string of the molecule is N#C/C(=C/c1ccc(OCc2cccc3ccccc23)cc1)c1ccc(Cl)c(Cl)c1. The number of hydrogen-bond donors (Lipinski definition) is 0. The van der Waals surface area contributed by atoms with E-state index in [4.69, 9.17) is 27.9 Å². The number of nitrogens with zero attached hydrogens (tertiary/aromatic N) is 1. The van der Waals surface area contributed by atoms with Crippen molar-refractivity contribution in [3.05, 3.63) is 112 Å². The largest absolute Gasteiger partial charge is 0.489 e. The Labute approximate surface area is 185 Å². The van der Waals surface area contributed by atoms with Crippen LogP contribution in [-0.4, -0.2) is 0 Å². The lowest BCUT2D eigenvalue weighted by atomic mass is 10.0. The first-order valence-electron chi connectivity index (χ1n) is 9.41. The van der Waals surface area contributed by atoms with Gasteiger partial charge in [0.15, 0.2) is 0 Å². The van der Waals surface area contributed by atoms with Gasteiger partial charge in [0, 0.05) is 0 Å². The van der Waals surface area contributed by atoms with Crippen LogP contribution < -0.4 is 4.74 Å². The van der Waals surface area contributed by atoms with E-state index >= 15 is 0 Å². The maximum Gasteiger partial charge on any atom is 0.119 e. The van der Waals surface area contributed by atoms with Gasteiger partial charge >= 0.3 is 0 Å². The quantitative estimate of drug-likeness (QED) is 0.239. The van der Waals surface area contributed by atoms with E-state index in [1.54, 1.807) is 18.2 Å². The van der Waals surface area contributed by atoms with E-state index in [1.807, 2.05) is 48.5 Å². The van der Waals surface area contributed by atoms with Gasteiger partial charge in [-0.3, -0.25) is 0 Å². The van der Waals surface area contributed by atoms with Crippen molar-refractivity contribution in [3.8, 4) is 11.8 Å². The molecule has 30 heavy (non-hydrogen) atoms. The van der Waals surface area contributed by atoms with Gasteiger partial charge in [0.2, 0.25) is 0 Å². The smallest absolute Gasteiger partial charge is 0.119 e. The van der Waals surface area contributed by atoms with Crippen LogP contribution in [0.15, 0.2) is 84.9 Å². The molecular formula is C26H17Cl2NO. The molecule has 0 fully saturated rings. The van der Waals surface area contributed by atoms with Gasteiger partial charge in [-0.15, -0.1) is 0 Å².